The molecule has 4 heteroatoms. The van der Waals surface area contributed by atoms with Crippen LogP contribution in [-0.2, 0) is 14.4 Å². The summed E-state index contributed by atoms with van der Waals surface area (Å²) in [4.78, 5) is 15.4. The van der Waals surface area contributed by atoms with Crippen LogP contribution in [0, 0.1) is 0 Å². The second-order valence-electron chi connectivity index (χ2n) is 1.78. The van der Waals surface area contributed by atoms with E-state index < -0.39 is 5.97 Å². The molecule has 1 heterocycles. The molecule has 0 bridgehead atoms. The largest absolute Gasteiger partial charge is 0.465 e. The van der Waals surface area contributed by atoms with Crippen LogP contribution in [0.25, 0.3) is 0 Å². The van der Waals surface area contributed by atoms with Crippen LogP contribution in [0.3, 0.4) is 0 Å². The van der Waals surface area contributed by atoms with Crippen molar-refractivity contribution in [3.63, 3.8) is 0 Å². The lowest BCUT2D eigenvalue weighted by molar-refractivity contribution is -0.135. The first-order chi connectivity index (χ1) is 5.34. The van der Waals surface area contributed by atoms with Crippen molar-refractivity contribution >= 4 is 12.2 Å². The zero-order valence-electron chi connectivity index (χ0n) is 5.98. The van der Waals surface area contributed by atoms with E-state index in [-0.39, 0.29) is 0 Å². The molecule has 0 aromatic carbocycles. The molecule has 0 aromatic heterocycles. The number of methoxy groups -OCH3 is 1. The Morgan fingerprint density at radius 3 is 3.27 bits per heavy atom. The number of hydrogen-bond acceptors (Lipinski definition) is 4. The minimum atomic E-state index is -0.438. The van der Waals surface area contributed by atoms with E-state index in [0.29, 0.717) is 5.57 Å². The monoisotopic (exact) mass is 153 g/mol. The van der Waals surface area contributed by atoms with Crippen molar-refractivity contribution in [3.8, 4) is 0 Å². The van der Waals surface area contributed by atoms with Gasteiger partial charge in [0.2, 0.25) is 0 Å². The molecule has 0 saturated heterocycles. The fourth-order valence-corrected chi connectivity index (χ4v) is 0.577. The summed E-state index contributed by atoms with van der Waals surface area (Å²) in [5.41, 5.74) is 0.338. The molecule has 11 heavy (non-hydrogen) atoms. The molecular formula is C7H7NO3. The third-order valence-corrected chi connectivity index (χ3v) is 1.08. The van der Waals surface area contributed by atoms with Gasteiger partial charge in [0.15, 0.2) is 0 Å². The van der Waals surface area contributed by atoms with Crippen LogP contribution in [-0.4, -0.2) is 19.3 Å². The Balaban J connectivity index is 2.72. The third-order valence-electron chi connectivity index (χ3n) is 1.08. The number of rotatable bonds is 1. The second kappa shape index (κ2) is 3.55. The highest BCUT2D eigenvalue weighted by molar-refractivity contribution is 5.92. The summed E-state index contributed by atoms with van der Waals surface area (Å²) >= 11 is 0. The van der Waals surface area contributed by atoms with Gasteiger partial charge in [0.05, 0.1) is 18.9 Å². The summed E-state index contributed by atoms with van der Waals surface area (Å²) in [6.07, 6.45) is 5.82. The van der Waals surface area contributed by atoms with Gasteiger partial charge in [-0.3, -0.25) is 0 Å². The zero-order valence-corrected chi connectivity index (χ0v) is 5.98. The minimum Gasteiger partial charge on any atom is -0.465 e. The predicted molar refractivity (Wildman–Crippen MR) is 38.8 cm³/mol. The number of carbonyl (C=O) groups excluding carboxylic acids is 1. The number of oxime groups is 1. The summed E-state index contributed by atoms with van der Waals surface area (Å²) in [6.45, 7) is 0. The van der Waals surface area contributed by atoms with Gasteiger partial charge in [-0.05, 0) is 12.2 Å². The van der Waals surface area contributed by atoms with Crippen LogP contribution in [0.1, 0.15) is 0 Å². The van der Waals surface area contributed by atoms with Crippen molar-refractivity contribution < 1.29 is 14.4 Å². The Morgan fingerprint density at radius 1 is 1.73 bits per heavy atom. The molecule has 0 spiro atoms. The minimum absolute atomic E-state index is 0.338. The van der Waals surface area contributed by atoms with Gasteiger partial charge in [-0.1, -0.05) is 5.16 Å². The van der Waals surface area contributed by atoms with Gasteiger partial charge >= 0.3 is 5.97 Å². The van der Waals surface area contributed by atoms with Crippen molar-refractivity contribution in [2.45, 2.75) is 0 Å². The van der Waals surface area contributed by atoms with Crippen molar-refractivity contribution in [1.29, 1.82) is 0 Å². The topological polar surface area (TPSA) is 47.9 Å². The summed E-state index contributed by atoms with van der Waals surface area (Å²) in [6, 6.07) is 0. The van der Waals surface area contributed by atoms with E-state index in [9.17, 15) is 4.79 Å². The van der Waals surface area contributed by atoms with Gasteiger partial charge in [-0.2, -0.15) is 0 Å². The molecule has 0 N–H and O–H groups in total. The second-order valence-corrected chi connectivity index (χ2v) is 1.78. The zero-order chi connectivity index (χ0) is 8.10. The number of hydrogen-bond donors (Lipinski definition) is 0. The average Bonchev–Trinajstić information content (AvgIpc) is 2.30. The lowest BCUT2D eigenvalue weighted by Gasteiger charge is -1.95. The molecule has 1 aliphatic heterocycles. The molecule has 0 unspecified atom stereocenters. The van der Waals surface area contributed by atoms with Gasteiger partial charge in [-0.15, -0.1) is 0 Å². The maximum absolute atomic E-state index is 10.8. The number of nitrogens with zero attached hydrogens (tertiary/aromatic N) is 1. The Bertz CT molecular complexity index is 240. The Kier molecular flexibility index (Phi) is 2.43. The number of carbonyl (C=O) groups is 1. The molecule has 0 atom stereocenters. The SMILES string of the molecule is COC(=O)C1=CON=CC=C1. The first-order valence-corrected chi connectivity index (χ1v) is 2.99. The standard InChI is InChI=1S/C7H7NO3/c1-10-7(9)6-3-2-4-8-11-5-6/h2-5H,1H3. The molecule has 1 rings (SSSR count). The highest BCUT2D eigenvalue weighted by Gasteiger charge is 2.06. The van der Waals surface area contributed by atoms with Gasteiger partial charge in [-0.25, -0.2) is 4.79 Å². The summed E-state index contributed by atoms with van der Waals surface area (Å²) in [7, 11) is 1.31. The summed E-state index contributed by atoms with van der Waals surface area (Å²) in [5.74, 6) is -0.438. The van der Waals surface area contributed by atoms with Gasteiger partial charge in [0.25, 0.3) is 0 Å². The maximum Gasteiger partial charge on any atom is 0.341 e. The van der Waals surface area contributed by atoms with Crippen molar-refractivity contribution in [1.82, 2.24) is 0 Å². The van der Waals surface area contributed by atoms with E-state index in [1.807, 2.05) is 0 Å². The molecular weight excluding hydrogens is 146 g/mol. The molecule has 58 valence electrons. The molecule has 0 radical (unpaired) electrons. The van der Waals surface area contributed by atoms with Crippen LogP contribution in [0.4, 0.5) is 0 Å². The smallest absolute Gasteiger partial charge is 0.341 e. The van der Waals surface area contributed by atoms with Crippen LogP contribution in [0.2, 0.25) is 0 Å². The lowest BCUT2D eigenvalue weighted by Crippen LogP contribution is -2.02. The van der Waals surface area contributed by atoms with E-state index in [4.69, 9.17) is 0 Å². The molecule has 4 nitrogen and oxygen atoms in total. The highest BCUT2D eigenvalue weighted by atomic mass is 16.6. The van der Waals surface area contributed by atoms with Crippen LogP contribution in [0.5, 0.6) is 0 Å². The van der Waals surface area contributed by atoms with Crippen molar-refractivity contribution in [2.75, 3.05) is 7.11 Å². The van der Waals surface area contributed by atoms with E-state index in [0.717, 1.165) is 0 Å². The number of ether oxygens (including phenoxy) is 1. The van der Waals surface area contributed by atoms with Gasteiger partial charge < -0.3 is 9.57 Å². The number of allylic oxidation sites excluding steroid dienone is 1. The van der Waals surface area contributed by atoms with Crippen LogP contribution < -0.4 is 0 Å². The van der Waals surface area contributed by atoms with E-state index in [1.165, 1.54) is 19.6 Å². The van der Waals surface area contributed by atoms with Crippen molar-refractivity contribution in [2.24, 2.45) is 5.16 Å². The normalized spacial score (nSPS) is 14.8. The molecule has 0 amide bonds. The fourth-order valence-electron chi connectivity index (χ4n) is 0.577. The predicted octanol–water partition coefficient (Wildman–Crippen LogP) is 0.615. The summed E-state index contributed by atoms with van der Waals surface area (Å²) < 4.78 is 4.45. The molecule has 0 saturated carbocycles. The van der Waals surface area contributed by atoms with Crippen LogP contribution >= 0.6 is 0 Å². The fraction of sp³-hybridized carbons (Fsp3) is 0.143. The Hall–Kier alpha value is -1.58. The molecule has 0 fully saturated rings. The molecule has 0 aromatic rings. The lowest BCUT2D eigenvalue weighted by atomic mass is 10.3. The summed E-state index contributed by atoms with van der Waals surface area (Å²) in [5, 5.41) is 3.44. The number of esters is 1. The highest BCUT2D eigenvalue weighted by Crippen LogP contribution is 2.02. The van der Waals surface area contributed by atoms with E-state index >= 15 is 0 Å². The average molecular weight is 153 g/mol. The maximum atomic E-state index is 10.8. The molecule has 1 aliphatic rings. The first kappa shape index (κ1) is 7.53. The van der Waals surface area contributed by atoms with E-state index in [2.05, 4.69) is 14.7 Å². The van der Waals surface area contributed by atoms with Gasteiger partial charge in [0.1, 0.15) is 6.26 Å². The van der Waals surface area contributed by atoms with Crippen molar-refractivity contribution in [3.05, 3.63) is 24.0 Å². The third kappa shape index (κ3) is 1.93. The Labute approximate surface area is 63.8 Å². The first-order valence-electron chi connectivity index (χ1n) is 2.99. The quantitative estimate of drug-likeness (QED) is 0.518. The van der Waals surface area contributed by atoms with Crippen LogP contribution in [0.15, 0.2) is 29.1 Å². The van der Waals surface area contributed by atoms with E-state index in [1.54, 1.807) is 12.2 Å². The molecule has 0 aliphatic carbocycles. The van der Waals surface area contributed by atoms with Gasteiger partial charge in [0, 0.05) is 0 Å². The Morgan fingerprint density at radius 2 is 2.55 bits per heavy atom.